The molecule has 3 N–H and O–H groups in total. The number of benzene rings is 1. The van der Waals surface area contributed by atoms with Gasteiger partial charge < -0.3 is 20.7 Å². The second-order valence-corrected chi connectivity index (χ2v) is 4.06. The third-order valence-corrected chi connectivity index (χ3v) is 2.30. The van der Waals surface area contributed by atoms with Crippen LogP contribution in [-0.2, 0) is 4.79 Å². The molecule has 6 nitrogen and oxygen atoms in total. The Labute approximate surface area is 120 Å². The van der Waals surface area contributed by atoms with E-state index < -0.39 is 12.6 Å². The lowest BCUT2D eigenvalue weighted by Gasteiger charge is -2.09. The molecule has 1 aromatic carbocycles. The van der Waals surface area contributed by atoms with Crippen LogP contribution in [0, 0.1) is 0 Å². The SMILES string of the molecule is CCCNC(=O)CNC(=O)Nc1cccc(OC(F)F)c1. The van der Waals surface area contributed by atoms with Crippen LogP contribution in [0.1, 0.15) is 13.3 Å². The highest BCUT2D eigenvalue weighted by atomic mass is 19.3. The van der Waals surface area contributed by atoms with E-state index in [2.05, 4.69) is 20.7 Å². The fourth-order valence-electron chi connectivity index (χ4n) is 1.41. The molecule has 0 bridgehead atoms. The van der Waals surface area contributed by atoms with Crippen molar-refractivity contribution in [2.24, 2.45) is 0 Å². The molecule has 3 amide bonds. The first-order valence-corrected chi connectivity index (χ1v) is 6.37. The van der Waals surface area contributed by atoms with Gasteiger partial charge in [0.1, 0.15) is 5.75 Å². The number of carbonyl (C=O) groups is 2. The van der Waals surface area contributed by atoms with Crippen molar-refractivity contribution in [1.82, 2.24) is 10.6 Å². The predicted molar refractivity (Wildman–Crippen MR) is 73.4 cm³/mol. The summed E-state index contributed by atoms with van der Waals surface area (Å²) in [7, 11) is 0. The topological polar surface area (TPSA) is 79.5 Å². The largest absolute Gasteiger partial charge is 0.435 e. The predicted octanol–water partition coefficient (Wildman–Crippen LogP) is 1.94. The molecule has 116 valence electrons. The molecule has 0 aliphatic carbocycles. The van der Waals surface area contributed by atoms with Gasteiger partial charge in [-0.2, -0.15) is 8.78 Å². The number of alkyl halides is 2. The number of nitrogens with one attached hydrogen (secondary N) is 3. The van der Waals surface area contributed by atoms with Gasteiger partial charge >= 0.3 is 12.6 Å². The van der Waals surface area contributed by atoms with Crippen LogP contribution >= 0.6 is 0 Å². The van der Waals surface area contributed by atoms with Crippen molar-refractivity contribution in [1.29, 1.82) is 0 Å². The van der Waals surface area contributed by atoms with E-state index in [-0.39, 0.29) is 23.9 Å². The van der Waals surface area contributed by atoms with Crippen LogP contribution in [0.3, 0.4) is 0 Å². The minimum absolute atomic E-state index is 0.0662. The normalized spacial score (nSPS) is 10.1. The highest BCUT2D eigenvalue weighted by Crippen LogP contribution is 2.19. The number of anilines is 1. The lowest BCUT2D eigenvalue weighted by Crippen LogP contribution is -2.39. The molecule has 0 aliphatic heterocycles. The zero-order chi connectivity index (χ0) is 15.7. The molecule has 1 aromatic rings. The lowest BCUT2D eigenvalue weighted by molar-refractivity contribution is -0.120. The summed E-state index contributed by atoms with van der Waals surface area (Å²) < 4.78 is 28.3. The third kappa shape index (κ3) is 7.09. The summed E-state index contributed by atoms with van der Waals surface area (Å²) in [6.45, 7) is -0.653. The molecule has 1 rings (SSSR count). The van der Waals surface area contributed by atoms with Crippen LogP contribution in [0.15, 0.2) is 24.3 Å². The van der Waals surface area contributed by atoms with E-state index in [1.54, 1.807) is 0 Å². The van der Waals surface area contributed by atoms with Crippen LogP contribution in [0.5, 0.6) is 5.75 Å². The van der Waals surface area contributed by atoms with Crippen LogP contribution in [0.4, 0.5) is 19.3 Å². The summed E-state index contributed by atoms with van der Waals surface area (Å²) in [4.78, 5) is 22.8. The number of ether oxygens (including phenoxy) is 1. The van der Waals surface area contributed by atoms with Gasteiger partial charge in [0, 0.05) is 18.3 Å². The third-order valence-electron chi connectivity index (χ3n) is 2.30. The van der Waals surface area contributed by atoms with Gasteiger partial charge in [-0.3, -0.25) is 4.79 Å². The monoisotopic (exact) mass is 301 g/mol. The molecule has 0 spiro atoms. The van der Waals surface area contributed by atoms with Gasteiger partial charge in [-0.15, -0.1) is 0 Å². The second kappa shape index (κ2) is 8.72. The number of amides is 3. The van der Waals surface area contributed by atoms with E-state index in [1.807, 2.05) is 6.92 Å². The number of carbonyl (C=O) groups excluding carboxylic acids is 2. The molecular formula is C13H17F2N3O3. The van der Waals surface area contributed by atoms with E-state index in [1.165, 1.54) is 24.3 Å². The van der Waals surface area contributed by atoms with Gasteiger partial charge in [0.2, 0.25) is 5.91 Å². The minimum atomic E-state index is -2.93. The number of halogens is 2. The number of urea groups is 1. The number of hydrogen-bond acceptors (Lipinski definition) is 3. The Balaban J connectivity index is 2.42. The second-order valence-electron chi connectivity index (χ2n) is 4.06. The van der Waals surface area contributed by atoms with Crippen molar-refractivity contribution >= 4 is 17.6 Å². The maximum absolute atomic E-state index is 12.1. The van der Waals surface area contributed by atoms with Gasteiger partial charge in [-0.05, 0) is 18.6 Å². The van der Waals surface area contributed by atoms with Gasteiger partial charge in [-0.1, -0.05) is 13.0 Å². The maximum Gasteiger partial charge on any atom is 0.387 e. The van der Waals surface area contributed by atoms with E-state index in [4.69, 9.17) is 0 Å². The number of hydrogen-bond donors (Lipinski definition) is 3. The van der Waals surface area contributed by atoms with E-state index in [0.717, 1.165) is 6.42 Å². The van der Waals surface area contributed by atoms with Crippen LogP contribution in [0.25, 0.3) is 0 Å². The van der Waals surface area contributed by atoms with Crippen LogP contribution in [-0.4, -0.2) is 31.6 Å². The summed E-state index contributed by atoms with van der Waals surface area (Å²) in [5, 5.41) is 7.36. The molecule has 0 atom stereocenters. The summed E-state index contributed by atoms with van der Waals surface area (Å²) in [5.74, 6) is -0.370. The summed E-state index contributed by atoms with van der Waals surface area (Å²) in [5.41, 5.74) is 0.277. The molecule has 0 aromatic heterocycles. The molecule has 0 radical (unpaired) electrons. The van der Waals surface area contributed by atoms with E-state index in [0.29, 0.717) is 6.54 Å². The average molecular weight is 301 g/mol. The zero-order valence-corrected chi connectivity index (χ0v) is 11.5. The van der Waals surface area contributed by atoms with Crippen molar-refractivity contribution in [3.8, 4) is 5.75 Å². The molecule has 0 saturated heterocycles. The molecule has 0 unspecified atom stereocenters. The van der Waals surface area contributed by atoms with Gasteiger partial charge in [0.25, 0.3) is 0 Å². The zero-order valence-electron chi connectivity index (χ0n) is 11.5. The van der Waals surface area contributed by atoms with Gasteiger partial charge in [-0.25, -0.2) is 4.79 Å². The highest BCUT2D eigenvalue weighted by Gasteiger charge is 2.07. The fourth-order valence-corrected chi connectivity index (χ4v) is 1.41. The Morgan fingerprint density at radius 2 is 2.05 bits per heavy atom. The van der Waals surface area contributed by atoms with Crippen LogP contribution in [0.2, 0.25) is 0 Å². The van der Waals surface area contributed by atoms with Crippen molar-refractivity contribution < 1.29 is 23.1 Å². The molecule has 21 heavy (non-hydrogen) atoms. The van der Waals surface area contributed by atoms with Crippen molar-refractivity contribution in [3.63, 3.8) is 0 Å². The molecule has 0 saturated carbocycles. The van der Waals surface area contributed by atoms with Crippen LogP contribution < -0.4 is 20.7 Å². The highest BCUT2D eigenvalue weighted by molar-refractivity contribution is 5.92. The Hall–Kier alpha value is -2.38. The molecule has 8 heteroatoms. The number of rotatable bonds is 7. The minimum Gasteiger partial charge on any atom is -0.435 e. The molecular weight excluding hydrogens is 284 g/mol. The molecule has 0 heterocycles. The van der Waals surface area contributed by atoms with E-state index >= 15 is 0 Å². The van der Waals surface area contributed by atoms with Crippen molar-refractivity contribution in [3.05, 3.63) is 24.3 Å². The first-order chi connectivity index (χ1) is 10.0. The first-order valence-electron chi connectivity index (χ1n) is 6.37. The summed E-state index contributed by atoms with van der Waals surface area (Å²) in [6, 6.07) is 4.95. The molecule has 0 fully saturated rings. The quantitative estimate of drug-likeness (QED) is 0.720. The summed E-state index contributed by atoms with van der Waals surface area (Å²) in [6.07, 6.45) is 0.800. The van der Waals surface area contributed by atoms with Crippen molar-refractivity contribution in [2.45, 2.75) is 20.0 Å². The lowest BCUT2D eigenvalue weighted by atomic mass is 10.3. The Morgan fingerprint density at radius 3 is 2.71 bits per heavy atom. The van der Waals surface area contributed by atoms with Gasteiger partial charge in [0.05, 0.1) is 6.54 Å². The summed E-state index contributed by atoms with van der Waals surface area (Å²) >= 11 is 0. The maximum atomic E-state index is 12.1. The fraction of sp³-hybridized carbons (Fsp3) is 0.385. The van der Waals surface area contributed by atoms with Gasteiger partial charge in [0.15, 0.2) is 0 Å². The van der Waals surface area contributed by atoms with E-state index in [9.17, 15) is 18.4 Å². The Kier molecular flexibility index (Phi) is 6.93. The Bertz CT molecular complexity index is 483. The molecule has 0 aliphatic rings. The first kappa shape index (κ1) is 16.7. The standard InChI is InChI=1S/C13H17F2N3O3/c1-2-6-16-11(19)8-17-13(20)18-9-4-3-5-10(7-9)21-12(14)15/h3-5,7,12H,2,6,8H2,1H3,(H,16,19)(H2,17,18,20). The average Bonchev–Trinajstić information content (AvgIpc) is 2.42. The van der Waals surface area contributed by atoms with Crippen molar-refractivity contribution in [2.75, 3.05) is 18.4 Å². The smallest absolute Gasteiger partial charge is 0.387 e. The Morgan fingerprint density at radius 1 is 1.29 bits per heavy atom.